The van der Waals surface area contributed by atoms with Crippen LogP contribution >= 0.6 is 0 Å². The van der Waals surface area contributed by atoms with Gasteiger partial charge in [0.05, 0.1) is 0 Å². The van der Waals surface area contributed by atoms with Crippen LogP contribution in [0.2, 0.25) is 0 Å². The molecule has 2 atom stereocenters. The second-order valence-corrected chi connectivity index (χ2v) is 5.87. The molecule has 2 aromatic rings. The Morgan fingerprint density at radius 2 is 1.65 bits per heavy atom. The van der Waals surface area contributed by atoms with Gasteiger partial charge in [0, 0.05) is 12.3 Å². The van der Waals surface area contributed by atoms with Gasteiger partial charge >= 0.3 is 0 Å². The van der Waals surface area contributed by atoms with Crippen LogP contribution in [0.4, 0.5) is 0 Å². The predicted octanol–water partition coefficient (Wildman–Crippen LogP) is 4.22. The molecule has 0 radical (unpaired) electrons. The summed E-state index contributed by atoms with van der Waals surface area (Å²) in [4.78, 5) is 12.5. The lowest BCUT2D eigenvalue weighted by molar-refractivity contribution is -0.119. The summed E-state index contributed by atoms with van der Waals surface area (Å²) in [6.07, 6.45) is 1.61. The first-order valence-corrected chi connectivity index (χ1v) is 7.29. The van der Waals surface area contributed by atoms with Gasteiger partial charge in [0.1, 0.15) is 5.78 Å². The summed E-state index contributed by atoms with van der Waals surface area (Å²) in [5.74, 6) is 1.08. The van der Waals surface area contributed by atoms with Gasteiger partial charge < -0.3 is 0 Å². The molecule has 0 saturated heterocycles. The average molecular weight is 264 g/mol. The predicted molar refractivity (Wildman–Crippen MR) is 81.9 cm³/mol. The van der Waals surface area contributed by atoms with Crippen LogP contribution in [0.3, 0.4) is 0 Å². The SMILES string of the molecule is Cc1cccc(C)c1CC(=O)C1CC1c1ccccc1. The second-order valence-electron chi connectivity index (χ2n) is 5.87. The number of Topliss-reactive ketones (excluding diaryl/α,β-unsaturated/α-hetero) is 1. The minimum Gasteiger partial charge on any atom is -0.299 e. The highest BCUT2D eigenvalue weighted by atomic mass is 16.1. The fraction of sp³-hybridized carbons (Fsp3) is 0.316. The van der Waals surface area contributed by atoms with Crippen LogP contribution in [-0.2, 0) is 11.2 Å². The molecule has 1 fully saturated rings. The van der Waals surface area contributed by atoms with Gasteiger partial charge in [-0.15, -0.1) is 0 Å². The van der Waals surface area contributed by atoms with Crippen molar-refractivity contribution in [3.05, 3.63) is 70.8 Å². The highest BCUT2D eigenvalue weighted by Crippen LogP contribution is 2.48. The van der Waals surface area contributed by atoms with E-state index < -0.39 is 0 Å². The number of ketones is 1. The summed E-state index contributed by atoms with van der Waals surface area (Å²) in [5, 5.41) is 0. The van der Waals surface area contributed by atoms with Gasteiger partial charge in [0.2, 0.25) is 0 Å². The van der Waals surface area contributed by atoms with Gasteiger partial charge in [-0.05, 0) is 48.4 Å². The molecule has 0 amide bonds. The molecule has 1 heteroatoms. The van der Waals surface area contributed by atoms with Crippen molar-refractivity contribution in [2.75, 3.05) is 0 Å². The second kappa shape index (κ2) is 5.24. The quantitative estimate of drug-likeness (QED) is 0.808. The molecular formula is C19H20O. The number of hydrogen-bond acceptors (Lipinski definition) is 1. The zero-order chi connectivity index (χ0) is 14.1. The van der Waals surface area contributed by atoms with E-state index in [0.717, 1.165) is 6.42 Å². The molecule has 1 nitrogen and oxygen atoms in total. The fourth-order valence-electron chi connectivity index (χ4n) is 3.05. The Bertz CT molecular complexity index is 607. The van der Waals surface area contributed by atoms with Crippen LogP contribution in [0.25, 0.3) is 0 Å². The zero-order valence-corrected chi connectivity index (χ0v) is 12.1. The number of carbonyl (C=O) groups is 1. The van der Waals surface area contributed by atoms with Crippen LogP contribution in [0.5, 0.6) is 0 Å². The van der Waals surface area contributed by atoms with Crippen molar-refractivity contribution in [2.24, 2.45) is 5.92 Å². The highest BCUT2D eigenvalue weighted by molar-refractivity contribution is 5.87. The Morgan fingerprint density at radius 3 is 2.30 bits per heavy atom. The molecule has 3 rings (SSSR count). The van der Waals surface area contributed by atoms with E-state index in [1.165, 1.54) is 22.3 Å². The Morgan fingerprint density at radius 1 is 1.00 bits per heavy atom. The van der Waals surface area contributed by atoms with Crippen molar-refractivity contribution in [3.8, 4) is 0 Å². The number of aryl methyl sites for hydroxylation is 2. The maximum Gasteiger partial charge on any atom is 0.140 e. The van der Waals surface area contributed by atoms with E-state index >= 15 is 0 Å². The Balaban J connectivity index is 1.70. The Kier molecular flexibility index (Phi) is 3.43. The maximum absolute atomic E-state index is 12.5. The molecule has 1 aliphatic carbocycles. The van der Waals surface area contributed by atoms with E-state index in [1.54, 1.807) is 0 Å². The average Bonchev–Trinajstić information content (AvgIpc) is 3.24. The van der Waals surface area contributed by atoms with Gasteiger partial charge in [-0.2, -0.15) is 0 Å². The molecule has 0 bridgehead atoms. The molecule has 0 heterocycles. The minimum atomic E-state index is 0.233. The molecule has 102 valence electrons. The molecule has 2 unspecified atom stereocenters. The van der Waals surface area contributed by atoms with Crippen LogP contribution < -0.4 is 0 Å². The van der Waals surface area contributed by atoms with Crippen molar-refractivity contribution >= 4 is 5.78 Å². The largest absolute Gasteiger partial charge is 0.299 e. The first-order chi connectivity index (χ1) is 9.66. The van der Waals surface area contributed by atoms with Crippen molar-refractivity contribution in [2.45, 2.75) is 32.6 Å². The first-order valence-electron chi connectivity index (χ1n) is 7.29. The highest BCUT2D eigenvalue weighted by Gasteiger charge is 2.43. The lowest BCUT2D eigenvalue weighted by Gasteiger charge is -2.08. The number of hydrogen-bond donors (Lipinski definition) is 0. The lowest BCUT2D eigenvalue weighted by atomic mass is 9.96. The Labute approximate surface area is 120 Å². The number of rotatable bonds is 4. The van der Waals surface area contributed by atoms with Gasteiger partial charge in [0.25, 0.3) is 0 Å². The minimum absolute atomic E-state index is 0.233. The van der Waals surface area contributed by atoms with E-state index in [2.05, 4.69) is 56.3 Å². The summed E-state index contributed by atoms with van der Waals surface area (Å²) in [6, 6.07) is 16.7. The van der Waals surface area contributed by atoms with E-state index in [4.69, 9.17) is 0 Å². The van der Waals surface area contributed by atoms with E-state index in [-0.39, 0.29) is 5.92 Å². The molecular weight excluding hydrogens is 244 g/mol. The smallest absolute Gasteiger partial charge is 0.140 e. The third-order valence-electron chi connectivity index (χ3n) is 4.43. The Hall–Kier alpha value is -1.89. The third kappa shape index (κ3) is 2.53. The van der Waals surface area contributed by atoms with Gasteiger partial charge in [-0.1, -0.05) is 48.5 Å². The summed E-state index contributed by atoms with van der Waals surface area (Å²) in [5.41, 5.74) is 4.99. The molecule has 0 aliphatic heterocycles. The molecule has 1 saturated carbocycles. The molecule has 1 aliphatic rings. The van der Waals surface area contributed by atoms with Gasteiger partial charge in [-0.3, -0.25) is 4.79 Å². The van der Waals surface area contributed by atoms with Crippen LogP contribution in [0, 0.1) is 19.8 Å². The van der Waals surface area contributed by atoms with Crippen molar-refractivity contribution < 1.29 is 4.79 Å². The maximum atomic E-state index is 12.5. The number of carbonyl (C=O) groups excluding carboxylic acids is 1. The topological polar surface area (TPSA) is 17.1 Å². The van der Waals surface area contributed by atoms with Crippen molar-refractivity contribution in [1.82, 2.24) is 0 Å². The van der Waals surface area contributed by atoms with Crippen molar-refractivity contribution in [3.63, 3.8) is 0 Å². The van der Waals surface area contributed by atoms with E-state index in [9.17, 15) is 4.79 Å². The molecule has 0 aromatic heterocycles. The van der Waals surface area contributed by atoms with Crippen LogP contribution in [0.1, 0.15) is 34.6 Å². The molecule has 2 aromatic carbocycles. The van der Waals surface area contributed by atoms with E-state index in [0.29, 0.717) is 18.1 Å². The number of benzene rings is 2. The standard InChI is InChI=1S/C19H20O/c1-13-7-6-8-14(2)16(13)12-19(20)18-11-17(18)15-9-4-3-5-10-15/h3-10,17-18H,11-12H2,1-2H3. The van der Waals surface area contributed by atoms with E-state index in [1.807, 2.05) is 6.07 Å². The third-order valence-corrected chi connectivity index (χ3v) is 4.43. The van der Waals surface area contributed by atoms with Crippen LogP contribution in [-0.4, -0.2) is 5.78 Å². The molecule has 0 spiro atoms. The monoisotopic (exact) mass is 264 g/mol. The van der Waals surface area contributed by atoms with Gasteiger partial charge in [-0.25, -0.2) is 0 Å². The van der Waals surface area contributed by atoms with Crippen molar-refractivity contribution in [1.29, 1.82) is 0 Å². The molecule has 0 N–H and O–H groups in total. The summed E-state index contributed by atoms with van der Waals surface area (Å²) < 4.78 is 0. The molecule has 20 heavy (non-hydrogen) atoms. The fourth-order valence-corrected chi connectivity index (χ4v) is 3.05. The summed E-state index contributed by atoms with van der Waals surface area (Å²) in [6.45, 7) is 4.19. The van der Waals surface area contributed by atoms with Gasteiger partial charge in [0.15, 0.2) is 0 Å². The lowest BCUT2D eigenvalue weighted by Crippen LogP contribution is -2.09. The first kappa shape index (κ1) is 13.1. The summed E-state index contributed by atoms with van der Waals surface area (Å²) in [7, 11) is 0. The summed E-state index contributed by atoms with van der Waals surface area (Å²) >= 11 is 0. The van der Waals surface area contributed by atoms with Crippen LogP contribution in [0.15, 0.2) is 48.5 Å². The zero-order valence-electron chi connectivity index (χ0n) is 12.1. The normalized spacial score (nSPS) is 20.7.